The molecule has 0 fully saturated rings. The standard InChI is InChI=1S/C22H36N2O5S2/c1-7-29-21(25)20(23-31(27,28)22(2,3)4)19-15-11-12-17(19)16-30(26,24(5)6)18-13-9-8-10-14-18/h8-10,12-14,19-20,23,26H,7,11,15-16H2,1-6H3/t19-,20+/m1/s1. The number of sulfonamides is 1. The molecule has 1 unspecified atom stereocenters. The SMILES string of the molecule is CCOC(=O)[C@@H](NS(=O)(=O)C(C)(C)C)[C@@H]1CCC=C1CS(O)(c1ccccc1)N(C)C. The molecule has 0 aromatic heterocycles. The molecule has 31 heavy (non-hydrogen) atoms. The number of hydrogen-bond donors (Lipinski definition) is 2. The predicted molar refractivity (Wildman–Crippen MR) is 127 cm³/mol. The first-order valence-electron chi connectivity index (χ1n) is 10.5. The molecule has 0 spiro atoms. The van der Waals surface area contributed by atoms with Crippen LogP contribution in [-0.2, 0) is 19.6 Å². The summed E-state index contributed by atoms with van der Waals surface area (Å²) in [6, 6.07) is 8.43. The van der Waals surface area contributed by atoms with Gasteiger partial charge in [-0.2, -0.15) is 4.72 Å². The third kappa shape index (κ3) is 5.90. The number of carbonyl (C=O) groups is 1. The Morgan fingerprint density at radius 2 is 1.87 bits per heavy atom. The second kappa shape index (κ2) is 10.0. The van der Waals surface area contributed by atoms with E-state index in [0.717, 1.165) is 10.5 Å². The van der Waals surface area contributed by atoms with Crippen molar-refractivity contribution in [3.8, 4) is 0 Å². The fourth-order valence-electron chi connectivity index (χ4n) is 3.50. The minimum absolute atomic E-state index is 0.162. The highest BCUT2D eigenvalue weighted by molar-refractivity contribution is 8.27. The molecule has 1 aliphatic carbocycles. The van der Waals surface area contributed by atoms with E-state index >= 15 is 0 Å². The summed E-state index contributed by atoms with van der Waals surface area (Å²) in [7, 11) is -2.47. The maximum Gasteiger partial charge on any atom is 0.324 e. The van der Waals surface area contributed by atoms with Crippen LogP contribution in [0.1, 0.15) is 40.5 Å². The van der Waals surface area contributed by atoms with Gasteiger partial charge in [-0.05, 0) is 66.8 Å². The summed E-state index contributed by atoms with van der Waals surface area (Å²) >= 11 is 0. The molecule has 1 aliphatic rings. The van der Waals surface area contributed by atoms with Gasteiger partial charge < -0.3 is 9.29 Å². The lowest BCUT2D eigenvalue weighted by atomic mass is 9.94. The zero-order valence-corrected chi connectivity index (χ0v) is 20.9. The molecule has 9 heteroatoms. The number of ether oxygens (including phenoxy) is 1. The summed E-state index contributed by atoms with van der Waals surface area (Å²) in [5.74, 6) is -0.628. The van der Waals surface area contributed by atoms with Crippen molar-refractivity contribution < 1.29 is 22.5 Å². The number of nitrogens with one attached hydrogen (secondary N) is 1. The number of esters is 1. The van der Waals surface area contributed by atoms with Gasteiger partial charge in [0.2, 0.25) is 10.0 Å². The Balaban J connectivity index is 2.39. The zero-order chi connectivity index (χ0) is 23.4. The quantitative estimate of drug-likeness (QED) is 0.419. The predicted octanol–water partition coefficient (Wildman–Crippen LogP) is 3.79. The monoisotopic (exact) mass is 472 g/mol. The molecule has 7 nitrogen and oxygen atoms in total. The van der Waals surface area contributed by atoms with Crippen LogP contribution in [0.3, 0.4) is 0 Å². The van der Waals surface area contributed by atoms with Crippen LogP contribution in [0.2, 0.25) is 0 Å². The highest BCUT2D eigenvalue weighted by Crippen LogP contribution is 2.56. The molecule has 0 saturated heterocycles. The molecular formula is C22H36N2O5S2. The molecule has 0 saturated carbocycles. The Morgan fingerprint density at radius 1 is 1.26 bits per heavy atom. The Morgan fingerprint density at radius 3 is 2.39 bits per heavy atom. The fraction of sp³-hybridized carbons (Fsp3) is 0.591. The van der Waals surface area contributed by atoms with E-state index in [1.54, 1.807) is 27.7 Å². The largest absolute Gasteiger partial charge is 0.465 e. The minimum Gasteiger partial charge on any atom is -0.465 e. The van der Waals surface area contributed by atoms with Gasteiger partial charge in [-0.3, -0.25) is 4.79 Å². The normalized spacial score (nSPS) is 21.3. The van der Waals surface area contributed by atoms with Gasteiger partial charge in [0.1, 0.15) is 6.04 Å². The van der Waals surface area contributed by atoms with Gasteiger partial charge in [0.15, 0.2) is 0 Å². The average Bonchev–Trinajstić information content (AvgIpc) is 3.13. The molecule has 2 rings (SSSR count). The number of allylic oxidation sites excluding steroid dienone is 1. The minimum atomic E-state index is -3.78. The zero-order valence-electron chi connectivity index (χ0n) is 19.3. The van der Waals surface area contributed by atoms with E-state index in [1.807, 2.05) is 54.8 Å². The van der Waals surface area contributed by atoms with E-state index in [9.17, 15) is 17.8 Å². The highest BCUT2D eigenvalue weighted by atomic mass is 32.3. The Bertz CT molecular complexity index is 894. The molecule has 3 atom stereocenters. The van der Waals surface area contributed by atoms with E-state index in [-0.39, 0.29) is 12.5 Å². The van der Waals surface area contributed by atoms with Crippen LogP contribution in [0, 0.1) is 5.92 Å². The van der Waals surface area contributed by atoms with E-state index in [1.165, 1.54) is 0 Å². The number of nitrogens with zero attached hydrogens (tertiary/aromatic N) is 1. The van der Waals surface area contributed by atoms with Crippen molar-refractivity contribution in [3.05, 3.63) is 42.0 Å². The van der Waals surface area contributed by atoms with Crippen molar-refractivity contribution in [1.29, 1.82) is 0 Å². The fourth-order valence-corrected chi connectivity index (χ4v) is 6.68. The third-order valence-corrected chi connectivity index (χ3v) is 10.6. The van der Waals surface area contributed by atoms with Crippen LogP contribution < -0.4 is 4.72 Å². The summed E-state index contributed by atoms with van der Waals surface area (Å²) in [5.41, 5.74) is 0.879. The second-order valence-electron chi connectivity index (χ2n) is 8.86. The topological polar surface area (TPSA) is 95.9 Å². The summed E-state index contributed by atoms with van der Waals surface area (Å²) in [5, 5.41) is 0. The molecular weight excluding hydrogens is 436 g/mol. The van der Waals surface area contributed by atoms with E-state index in [2.05, 4.69) is 4.72 Å². The molecule has 0 bridgehead atoms. The second-order valence-corrected chi connectivity index (χ2v) is 14.2. The molecule has 1 aromatic carbocycles. The van der Waals surface area contributed by atoms with E-state index < -0.39 is 37.3 Å². The van der Waals surface area contributed by atoms with Gasteiger partial charge in [0, 0.05) is 16.6 Å². The van der Waals surface area contributed by atoms with Gasteiger partial charge in [0.05, 0.1) is 11.4 Å². The molecule has 1 aromatic rings. The Labute approximate surface area is 188 Å². The van der Waals surface area contributed by atoms with Crippen LogP contribution in [0.15, 0.2) is 46.9 Å². The van der Waals surface area contributed by atoms with Gasteiger partial charge in [-0.15, -0.1) is 0 Å². The molecule has 0 radical (unpaired) electrons. The van der Waals surface area contributed by atoms with Crippen molar-refractivity contribution in [1.82, 2.24) is 9.03 Å². The lowest BCUT2D eigenvalue weighted by molar-refractivity contribution is -0.146. The molecule has 176 valence electrons. The van der Waals surface area contributed by atoms with Crippen molar-refractivity contribution in [2.24, 2.45) is 5.92 Å². The van der Waals surface area contributed by atoms with E-state index in [0.29, 0.717) is 18.6 Å². The number of benzene rings is 1. The smallest absolute Gasteiger partial charge is 0.324 e. The van der Waals surface area contributed by atoms with Gasteiger partial charge in [0.25, 0.3) is 0 Å². The van der Waals surface area contributed by atoms with E-state index in [4.69, 9.17) is 4.74 Å². The van der Waals surface area contributed by atoms with Crippen LogP contribution in [0.5, 0.6) is 0 Å². The van der Waals surface area contributed by atoms with Gasteiger partial charge >= 0.3 is 5.97 Å². The summed E-state index contributed by atoms with van der Waals surface area (Å²) in [4.78, 5) is 13.6. The number of hydrogen-bond acceptors (Lipinski definition) is 6. The lowest BCUT2D eigenvalue weighted by Crippen LogP contribution is -2.52. The van der Waals surface area contributed by atoms with Crippen LogP contribution >= 0.6 is 10.5 Å². The lowest BCUT2D eigenvalue weighted by Gasteiger charge is -2.42. The van der Waals surface area contributed by atoms with Crippen LogP contribution in [0.4, 0.5) is 0 Å². The average molecular weight is 473 g/mol. The summed E-state index contributed by atoms with van der Waals surface area (Å²) in [6.07, 6.45) is 3.35. The molecule has 2 N–H and O–H groups in total. The first-order chi connectivity index (χ1) is 14.3. The van der Waals surface area contributed by atoms with Crippen LogP contribution in [-0.4, -0.2) is 60.5 Å². The van der Waals surface area contributed by atoms with Crippen molar-refractivity contribution in [3.63, 3.8) is 0 Å². The molecule has 0 amide bonds. The van der Waals surface area contributed by atoms with Crippen LogP contribution in [0.25, 0.3) is 0 Å². The maximum atomic E-state index is 12.9. The Hall–Kier alpha value is -1.39. The summed E-state index contributed by atoms with van der Waals surface area (Å²) in [6.45, 7) is 6.63. The highest BCUT2D eigenvalue weighted by Gasteiger charge is 2.42. The number of carbonyl (C=O) groups excluding carboxylic acids is 1. The third-order valence-electron chi connectivity index (χ3n) is 5.48. The summed E-state index contributed by atoms with van der Waals surface area (Å²) < 4.78 is 45.9. The van der Waals surface area contributed by atoms with Crippen molar-refractivity contribution in [2.45, 2.75) is 56.2 Å². The van der Waals surface area contributed by atoms with Gasteiger partial charge in [-0.1, -0.05) is 40.3 Å². The van der Waals surface area contributed by atoms with Crippen molar-refractivity contribution in [2.75, 3.05) is 26.5 Å². The Kier molecular flexibility index (Phi) is 8.38. The van der Waals surface area contributed by atoms with Crippen molar-refractivity contribution >= 4 is 26.5 Å². The number of rotatable bonds is 9. The first kappa shape index (κ1) is 25.9. The maximum absolute atomic E-state index is 12.9. The molecule has 0 aliphatic heterocycles. The first-order valence-corrected chi connectivity index (χ1v) is 13.7. The van der Waals surface area contributed by atoms with Gasteiger partial charge in [-0.25, -0.2) is 12.7 Å². The molecule has 0 heterocycles.